The summed E-state index contributed by atoms with van der Waals surface area (Å²) in [5.41, 5.74) is 0. The zero-order valence-electron chi connectivity index (χ0n) is 8.61. The van der Waals surface area contributed by atoms with E-state index in [-0.39, 0.29) is 0 Å². The van der Waals surface area contributed by atoms with Gasteiger partial charge in [0, 0.05) is 0 Å². The first-order chi connectivity index (χ1) is 5.18. The van der Waals surface area contributed by atoms with Crippen molar-refractivity contribution in [3.05, 3.63) is 0 Å². The van der Waals surface area contributed by atoms with Gasteiger partial charge < -0.3 is 0 Å². The van der Waals surface area contributed by atoms with Crippen LogP contribution in [0.25, 0.3) is 0 Å². The monoisotopic (exact) mass is 263 g/mol. The molecule has 0 amide bonds. The van der Waals surface area contributed by atoms with Gasteiger partial charge in [0.15, 0.2) is 0 Å². The van der Waals surface area contributed by atoms with Crippen molar-refractivity contribution in [3.63, 3.8) is 0 Å². The summed E-state index contributed by atoms with van der Waals surface area (Å²) in [5, 5.41) is 0. The van der Waals surface area contributed by atoms with Crippen molar-refractivity contribution in [2.45, 2.75) is 59.8 Å². The van der Waals surface area contributed by atoms with Crippen molar-refractivity contribution >= 4 is 19.8 Å². The molecule has 0 spiro atoms. The maximum absolute atomic E-state index is 2.52. The Labute approximate surface area is 79.5 Å². The molecule has 0 nitrogen and oxygen atoms in total. The predicted molar refractivity (Wildman–Crippen MR) is 55.7 cm³/mol. The molecular formula is C10H23Sn. The van der Waals surface area contributed by atoms with Crippen LogP contribution in [0.5, 0.6) is 0 Å². The molecule has 0 heterocycles. The average molecular weight is 262 g/mol. The van der Waals surface area contributed by atoms with Crippen LogP contribution in [0.3, 0.4) is 0 Å². The molecule has 1 unspecified atom stereocenters. The van der Waals surface area contributed by atoms with E-state index < -0.39 is 19.8 Å². The minimum absolute atomic E-state index is 0.810. The molecule has 1 heteroatoms. The minimum atomic E-state index is -0.810. The molecule has 0 aliphatic rings. The van der Waals surface area contributed by atoms with Crippen LogP contribution in [0.1, 0.15) is 46.0 Å². The van der Waals surface area contributed by atoms with Gasteiger partial charge in [-0.15, -0.1) is 0 Å². The number of unbranched alkanes of at least 4 members (excludes halogenated alkanes) is 3. The Morgan fingerprint density at radius 3 is 2.18 bits per heavy atom. The van der Waals surface area contributed by atoms with Crippen molar-refractivity contribution < 1.29 is 0 Å². The Morgan fingerprint density at radius 1 is 1.09 bits per heavy atom. The molecule has 1 radical (unpaired) electrons. The Kier molecular flexibility index (Phi) is 7.99. The Balaban J connectivity index is 3.10. The van der Waals surface area contributed by atoms with Crippen molar-refractivity contribution in [1.82, 2.24) is 0 Å². The van der Waals surface area contributed by atoms with Gasteiger partial charge in [-0.3, -0.25) is 0 Å². The van der Waals surface area contributed by atoms with E-state index in [1.54, 1.807) is 0 Å². The van der Waals surface area contributed by atoms with E-state index in [0.29, 0.717) is 0 Å². The normalized spacial score (nSPS) is 13.9. The fourth-order valence-electron chi connectivity index (χ4n) is 1.17. The van der Waals surface area contributed by atoms with Gasteiger partial charge in [-0.1, -0.05) is 0 Å². The molecule has 0 aliphatic heterocycles. The van der Waals surface area contributed by atoms with Gasteiger partial charge in [0.05, 0.1) is 0 Å². The van der Waals surface area contributed by atoms with E-state index in [9.17, 15) is 0 Å². The molecule has 0 saturated carbocycles. The van der Waals surface area contributed by atoms with Gasteiger partial charge in [0.1, 0.15) is 0 Å². The Bertz CT molecular complexity index is 78.9. The first-order valence-corrected chi connectivity index (χ1v) is 12.3. The topological polar surface area (TPSA) is 0 Å². The first kappa shape index (κ1) is 11.8. The molecule has 0 aromatic carbocycles. The molecule has 0 aromatic heterocycles. The second-order valence-corrected chi connectivity index (χ2v) is 12.8. The first-order valence-electron chi connectivity index (χ1n) is 4.98. The molecule has 0 N–H and O–H groups in total. The van der Waals surface area contributed by atoms with Crippen molar-refractivity contribution in [1.29, 1.82) is 0 Å². The van der Waals surface area contributed by atoms with Crippen LogP contribution in [0.4, 0.5) is 0 Å². The SMILES string of the molecule is CCCCCC[CH](C)[Sn]([CH3])[CH3]. The number of hydrogen-bond donors (Lipinski definition) is 0. The van der Waals surface area contributed by atoms with E-state index in [2.05, 4.69) is 23.7 Å². The van der Waals surface area contributed by atoms with Crippen molar-refractivity contribution in [3.8, 4) is 0 Å². The van der Waals surface area contributed by atoms with Crippen LogP contribution in [-0.2, 0) is 0 Å². The van der Waals surface area contributed by atoms with Gasteiger partial charge in [0.25, 0.3) is 0 Å². The Morgan fingerprint density at radius 2 is 1.73 bits per heavy atom. The Hall–Kier alpha value is 0.799. The van der Waals surface area contributed by atoms with Gasteiger partial charge in [-0.2, -0.15) is 0 Å². The van der Waals surface area contributed by atoms with E-state index in [4.69, 9.17) is 0 Å². The standard InChI is InChI=1S/C8H17.2CH3.Sn/c1-3-5-7-8-6-4-2;;;/h3H,4-8H2,1-2H3;2*1H3;. The summed E-state index contributed by atoms with van der Waals surface area (Å²) < 4.78 is 1.12. The van der Waals surface area contributed by atoms with E-state index in [1.165, 1.54) is 32.1 Å². The molecule has 0 aliphatic carbocycles. The second-order valence-electron chi connectivity index (χ2n) is 3.83. The third kappa shape index (κ3) is 7.17. The van der Waals surface area contributed by atoms with Gasteiger partial charge in [-0.25, -0.2) is 0 Å². The molecule has 0 saturated heterocycles. The fourth-order valence-corrected chi connectivity index (χ4v) is 3.40. The van der Waals surface area contributed by atoms with Crippen molar-refractivity contribution in [2.24, 2.45) is 0 Å². The quantitative estimate of drug-likeness (QED) is 0.499. The summed E-state index contributed by atoms with van der Waals surface area (Å²) in [6.07, 6.45) is 7.29. The van der Waals surface area contributed by atoms with Gasteiger partial charge in [0.2, 0.25) is 0 Å². The van der Waals surface area contributed by atoms with Crippen LogP contribution in [-0.4, -0.2) is 19.8 Å². The summed E-state index contributed by atoms with van der Waals surface area (Å²) >= 11 is -0.810. The molecule has 1 atom stereocenters. The summed E-state index contributed by atoms with van der Waals surface area (Å²) in [4.78, 5) is 5.04. The summed E-state index contributed by atoms with van der Waals surface area (Å²) in [5.74, 6) is 0. The zero-order valence-corrected chi connectivity index (χ0v) is 11.5. The van der Waals surface area contributed by atoms with Gasteiger partial charge in [-0.05, 0) is 0 Å². The van der Waals surface area contributed by atoms with E-state index >= 15 is 0 Å². The van der Waals surface area contributed by atoms with Crippen molar-refractivity contribution in [2.75, 3.05) is 0 Å². The third-order valence-electron chi connectivity index (χ3n) is 2.48. The summed E-state index contributed by atoms with van der Waals surface area (Å²) in [7, 11) is 0. The molecular weight excluding hydrogens is 239 g/mol. The van der Waals surface area contributed by atoms with Crippen LogP contribution in [0, 0.1) is 0 Å². The second kappa shape index (κ2) is 7.45. The molecule has 0 fully saturated rings. The molecule has 0 bridgehead atoms. The predicted octanol–water partition coefficient (Wildman–Crippen LogP) is 4.10. The van der Waals surface area contributed by atoms with E-state index in [0.717, 1.165) is 3.93 Å². The van der Waals surface area contributed by atoms with Crippen LogP contribution < -0.4 is 0 Å². The zero-order chi connectivity index (χ0) is 8.69. The summed E-state index contributed by atoms with van der Waals surface area (Å²) in [6.45, 7) is 4.74. The molecule has 67 valence electrons. The molecule has 0 rings (SSSR count). The average Bonchev–Trinajstić information content (AvgIpc) is 1.97. The van der Waals surface area contributed by atoms with Crippen LogP contribution in [0.2, 0.25) is 13.8 Å². The fraction of sp³-hybridized carbons (Fsp3) is 1.00. The number of hydrogen-bond acceptors (Lipinski definition) is 0. The third-order valence-corrected chi connectivity index (χ3v) is 8.93. The van der Waals surface area contributed by atoms with E-state index in [1.807, 2.05) is 0 Å². The summed E-state index contributed by atoms with van der Waals surface area (Å²) in [6, 6.07) is 0. The maximum atomic E-state index is 2.52. The van der Waals surface area contributed by atoms with Gasteiger partial charge >= 0.3 is 79.5 Å². The van der Waals surface area contributed by atoms with Crippen LogP contribution in [0.15, 0.2) is 0 Å². The van der Waals surface area contributed by atoms with Crippen LogP contribution >= 0.6 is 0 Å². The molecule has 0 aromatic rings. The number of rotatable bonds is 6. The molecule has 11 heavy (non-hydrogen) atoms.